The molecule has 3 heterocycles. The van der Waals surface area contributed by atoms with Crippen LogP contribution in [0.5, 0.6) is 17.2 Å². The second kappa shape index (κ2) is 16.2. The number of aromatic nitrogens is 3. The van der Waals surface area contributed by atoms with Gasteiger partial charge in [0.25, 0.3) is 0 Å². The number of alkyl halides is 1. The molecule has 1 aliphatic heterocycles. The third-order valence-corrected chi connectivity index (χ3v) is 10.5. The molecule has 3 N–H and O–H groups in total. The zero-order valence-electron chi connectivity index (χ0n) is 28.9. The number of carbonyl (C=O) groups is 2. The summed E-state index contributed by atoms with van der Waals surface area (Å²) in [4.78, 5) is 33.8. The van der Waals surface area contributed by atoms with E-state index in [9.17, 15) is 19.8 Å². The number of para-hydroxylation sites is 1. The molecule has 1 aliphatic rings. The Balaban J connectivity index is 1.08. The first-order chi connectivity index (χ1) is 25.0. The molecule has 52 heavy (non-hydrogen) atoms. The second-order valence-electron chi connectivity index (χ2n) is 12.4. The van der Waals surface area contributed by atoms with Crippen molar-refractivity contribution >= 4 is 57.8 Å². The fraction of sp³-hybridized carbons (Fsp3) is 0.289. The van der Waals surface area contributed by atoms with Crippen LogP contribution in [0.25, 0.3) is 5.00 Å². The summed E-state index contributed by atoms with van der Waals surface area (Å²) in [6, 6.07) is 18.6. The van der Waals surface area contributed by atoms with Crippen LogP contribution in [-0.2, 0) is 16.1 Å². The highest BCUT2D eigenvalue weighted by atomic mass is 35.5. The van der Waals surface area contributed by atoms with Crippen molar-refractivity contribution in [2.24, 2.45) is 4.99 Å². The van der Waals surface area contributed by atoms with Crippen molar-refractivity contribution < 1.29 is 24.5 Å². The van der Waals surface area contributed by atoms with Crippen molar-refractivity contribution in [3.05, 3.63) is 111 Å². The molecule has 0 unspecified atom stereocenters. The van der Waals surface area contributed by atoms with E-state index in [1.807, 2.05) is 60.0 Å². The molecule has 0 saturated heterocycles. The average Bonchev–Trinajstić information content (AvgIpc) is 3.61. The Labute approximate surface area is 315 Å². The molecule has 5 aromatic rings. The van der Waals surface area contributed by atoms with E-state index in [0.717, 1.165) is 38.8 Å². The number of thiophene rings is 1. The molecular formula is C38H38Cl2N6O5S. The highest BCUT2D eigenvalue weighted by molar-refractivity contribution is 7.15. The maximum absolute atomic E-state index is 13.3. The minimum atomic E-state index is -0.554. The van der Waals surface area contributed by atoms with Gasteiger partial charge in [-0.15, -0.1) is 33.1 Å². The Bertz CT molecular complexity index is 2130. The van der Waals surface area contributed by atoms with Crippen molar-refractivity contribution in [3.63, 3.8) is 0 Å². The molecule has 2 aromatic heterocycles. The summed E-state index contributed by atoms with van der Waals surface area (Å²) < 4.78 is 8.13. The minimum absolute atomic E-state index is 0.0996. The number of hydrogen-bond acceptors (Lipinski definition) is 9. The van der Waals surface area contributed by atoms with Gasteiger partial charge in [-0.1, -0.05) is 41.9 Å². The van der Waals surface area contributed by atoms with Crippen LogP contribution in [0.2, 0.25) is 5.02 Å². The van der Waals surface area contributed by atoms with Gasteiger partial charge in [0, 0.05) is 44.9 Å². The first-order valence-corrected chi connectivity index (χ1v) is 18.5. The van der Waals surface area contributed by atoms with E-state index < -0.39 is 6.04 Å². The number of aliphatic imine (C=N–C) groups is 1. The molecule has 270 valence electrons. The van der Waals surface area contributed by atoms with Crippen molar-refractivity contribution in [2.75, 3.05) is 23.9 Å². The van der Waals surface area contributed by atoms with Crippen molar-refractivity contribution in [2.45, 2.75) is 52.6 Å². The Morgan fingerprint density at radius 2 is 1.77 bits per heavy atom. The quantitative estimate of drug-likeness (QED) is 0.0648. The van der Waals surface area contributed by atoms with E-state index >= 15 is 0 Å². The smallest absolute Gasteiger partial charge is 0.242 e. The number of amides is 2. The van der Waals surface area contributed by atoms with E-state index in [1.54, 1.807) is 11.3 Å². The Kier molecular flexibility index (Phi) is 11.5. The lowest BCUT2D eigenvalue weighted by molar-refractivity contribution is -0.121. The zero-order valence-corrected chi connectivity index (χ0v) is 31.2. The molecule has 0 spiro atoms. The van der Waals surface area contributed by atoms with E-state index in [0.29, 0.717) is 48.3 Å². The van der Waals surface area contributed by atoms with Gasteiger partial charge in [-0.2, -0.15) is 0 Å². The summed E-state index contributed by atoms with van der Waals surface area (Å²) >= 11 is 13.8. The molecule has 0 aliphatic carbocycles. The largest absolute Gasteiger partial charge is 0.504 e. The molecule has 0 saturated carbocycles. The number of fused-ring (bicyclic) bond motifs is 3. The molecule has 2 amide bonds. The molecule has 3 aromatic carbocycles. The van der Waals surface area contributed by atoms with Gasteiger partial charge in [-0.25, -0.2) is 0 Å². The summed E-state index contributed by atoms with van der Waals surface area (Å²) in [5.74, 6) is 0.547. The Morgan fingerprint density at radius 1 is 1.00 bits per heavy atom. The summed E-state index contributed by atoms with van der Waals surface area (Å²) in [7, 11) is 0. The third kappa shape index (κ3) is 7.94. The molecule has 14 heteroatoms. The standard InChI is InChI=1S/C38H38Cl2N6O5S/c1-22-23(2)52-38-35(22)36(25-10-12-27(40)13-11-25)42-29(37-44-43-24(3)46(37)38)19-33(49)41-16-6-7-17-51-32-9-5-4-8-26(32)21-45(34(50)20-39)28-14-15-30(47)31(48)18-28/h4-5,8-15,18,29,47-48H,6-7,16-17,19-21H2,1-3H3,(H,41,49)/t29-/m0/s1. The number of nitrogens with zero attached hydrogens (tertiary/aromatic N) is 5. The van der Waals surface area contributed by atoms with Gasteiger partial charge in [-0.05, 0) is 69.5 Å². The van der Waals surface area contributed by atoms with Gasteiger partial charge >= 0.3 is 0 Å². The van der Waals surface area contributed by atoms with Crippen LogP contribution in [0, 0.1) is 20.8 Å². The summed E-state index contributed by atoms with van der Waals surface area (Å²) in [6.07, 6.45) is 1.44. The fourth-order valence-electron chi connectivity index (χ4n) is 6.04. The molecule has 0 radical (unpaired) electrons. The Morgan fingerprint density at radius 3 is 2.52 bits per heavy atom. The normalized spacial score (nSPS) is 13.5. The van der Waals surface area contributed by atoms with Gasteiger partial charge in [-0.3, -0.25) is 19.1 Å². The van der Waals surface area contributed by atoms with Crippen LogP contribution in [0.4, 0.5) is 5.69 Å². The molecule has 0 bridgehead atoms. The third-order valence-electron chi connectivity index (χ3n) is 8.87. The number of rotatable bonds is 13. The SMILES string of the molecule is Cc1sc2c(c1C)C(c1ccc(Cl)cc1)=N[C@@H](CC(=O)NCCCCOc1ccccc1CN(C(=O)CCl)c1ccc(O)c(O)c1)c1nnc(C)n1-2. The number of hydrogen-bond donors (Lipinski definition) is 3. The maximum Gasteiger partial charge on any atom is 0.242 e. The predicted molar refractivity (Wildman–Crippen MR) is 204 cm³/mol. The van der Waals surface area contributed by atoms with Crippen LogP contribution >= 0.6 is 34.5 Å². The molecule has 1 atom stereocenters. The van der Waals surface area contributed by atoms with E-state index in [4.69, 9.17) is 32.9 Å². The van der Waals surface area contributed by atoms with Crippen LogP contribution in [0.3, 0.4) is 0 Å². The number of unbranched alkanes of at least 4 members (excludes halogenated alkanes) is 1. The van der Waals surface area contributed by atoms with Crippen molar-refractivity contribution in [1.82, 2.24) is 20.1 Å². The summed E-state index contributed by atoms with van der Waals surface area (Å²) in [5, 5.41) is 33.2. The molecule has 11 nitrogen and oxygen atoms in total. The number of nitrogens with one attached hydrogen (secondary N) is 1. The van der Waals surface area contributed by atoms with Gasteiger partial charge in [0.1, 0.15) is 28.5 Å². The summed E-state index contributed by atoms with van der Waals surface area (Å²) in [6.45, 7) is 7.07. The number of halogens is 2. The number of aromatic hydroxyl groups is 2. The maximum atomic E-state index is 13.3. The predicted octanol–water partition coefficient (Wildman–Crippen LogP) is 7.35. The molecular weight excluding hydrogens is 723 g/mol. The van der Waals surface area contributed by atoms with E-state index in [-0.39, 0.29) is 42.2 Å². The van der Waals surface area contributed by atoms with Crippen LogP contribution in [0.1, 0.15) is 64.1 Å². The number of carbonyl (C=O) groups excluding carboxylic acids is 2. The van der Waals surface area contributed by atoms with Crippen molar-refractivity contribution in [1.29, 1.82) is 0 Å². The zero-order chi connectivity index (χ0) is 36.9. The number of ether oxygens (including phenoxy) is 1. The number of benzene rings is 3. The van der Waals surface area contributed by atoms with Gasteiger partial charge in [0.2, 0.25) is 11.8 Å². The van der Waals surface area contributed by atoms with Gasteiger partial charge in [0.05, 0.1) is 25.3 Å². The number of aryl methyl sites for hydroxylation is 2. The van der Waals surface area contributed by atoms with Gasteiger partial charge in [0.15, 0.2) is 17.3 Å². The number of phenolic OH excluding ortho intramolecular Hbond substituents is 2. The van der Waals surface area contributed by atoms with E-state index in [1.165, 1.54) is 28.0 Å². The molecule has 6 rings (SSSR count). The van der Waals surface area contributed by atoms with E-state index in [2.05, 4.69) is 29.4 Å². The van der Waals surface area contributed by atoms with Crippen LogP contribution in [0.15, 0.2) is 71.7 Å². The van der Waals surface area contributed by atoms with Crippen molar-refractivity contribution in [3.8, 4) is 22.2 Å². The first-order valence-electron chi connectivity index (χ1n) is 16.8. The van der Waals surface area contributed by atoms with Crippen LogP contribution in [-0.4, -0.2) is 61.5 Å². The molecule has 0 fully saturated rings. The fourth-order valence-corrected chi connectivity index (χ4v) is 7.52. The lowest BCUT2D eigenvalue weighted by Gasteiger charge is -2.24. The Hall–Kier alpha value is -4.91. The summed E-state index contributed by atoms with van der Waals surface area (Å²) in [5.41, 5.74) is 4.97. The van der Waals surface area contributed by atoms with Gasteiger partial charge < -0.3 is 25.2 Å². The monoisotopic (exact) mass is 760 g/mol. The minimum Gasteiger partial charge on any atom is -0.504 e. The average molecular weight is 762 g/mol. The first kappa shape index (κ1) is 36.9. The highest BCUT2D eigenvalue weighted by Crippen LogP contribution is 2.39. The second-order valence-corrected chi connectivity index (χ2v) is 14.3. The number of anilines is 1. The lowest BCUT2D eigenvalue weighted by Crippen LogP contribution is -2.31. The lowest BCUT2D eigenvalue weighted by atomic mass is 9.99. The highest BCUT2D eigenvalue weighted by Gasteiger charge is 2.32. The van der Waals surface area contributed by atoms with Crippen LogP contribution < -0.4 is 15.0 Å². The number of phenols is 2. The topological polar surface area (TPSA) is 142 Å².